The molecule has 1 aliphatic rings. The van der Waals surface area contributed by atoms with Crippen molar-refractivity contribution in [2.75, 3.05) is 18.0 Å². The SMILES string of the molecule is CC(O)CNC(=O)CCN1C(=O)C(C)(C)Oc2ccc(Cl)cc21. The highest BCUT2D eigenvalue weighted by Gasteiger charge is 2.40. The second-order valence-corrected chi connectivity index (χ2v) is 6.52. The summed E-state index contributed by atoms with van der Waals surface area (Å²) in [5, 5.41) is 12.3. The van der Waals surface area contributed by atoms with Gasteiger partial charge in [0.2, 0.25) is 5.91 Å². The molecule has 0 aliphatic carbocycles. The van der Waals surface area contributed by atoms with Crippen molar-refractivity contribution in [3.8, 4) is 5.75 Å². The Balaban J connectivity index is 2.15. The highest BCUT2D eigenvalue weighted by atomic mass is 35.5. The molecule has 1 heterocycles. The van der Waals surface area contributed by atoms with Crippen LogP contribution in [0.5, 0.6) is 5.75 Å². The fraction of sp³-hybridized carbons (Fsp3) is 0.500. The zero-order valence-electron chi connectivity index (χ0n) is 13.4. The first-order chi connectivity index (χ1) is 10.7. The van der Waals surface area contributed by atoms with Crippen LogP contribution >= 0.6 is 11.6 Å². The van der Waals surface area contributed by atoms with E-state index in [9.17, 15) is 14.7 Å². The molecule has 1 atom stereocenters. The van der Waals surface area contributed by atoms with Crippen LogP contribution in [0.15, 0.2) is 18.2 Å². The average molecular weight is 341 g/mol. The van der Waals surface area contributed by atoms with E-state index in [4.69, 9.17) is 16.3 Å². The molecular weight excluding hydrogens is 320 g/mol. The molecule has 0 aromatic heterocycles. The minimum absolute atomic E-state index is 0.125. The lowest BCUT2D eigenvalue weighted by Crippen LogP contribution is -2.53. The van der Waals surface area contributed by atoms with Crippen LogP contribution in [0.1, 0.15) is 27.2 Å². The molecule has 6 nitrogen and oxygen atoms in total. The summed E-state index contributed by atoms with van der Waals surface area (Å²) in [6, 6.07) is 5.06. The predicted octanol–water partition coefficient (Wildman–Crippen LogP) is 1.73. The number of rotatable bonds is 5. The van der Waals surface area contributed by atoms with Crippen LogP contribution in [0.2, 0.25) is 5.02 Å². The summed E-state index contributed by atoms with van der Waals surface area (Å²) in [7, 11) is 0. The number of halogens is 1. The first-order valence-electron chi connectivity index (χ1n) is 7.46. The summed E-state index contributed by atoms with van der Waals surface area (Å²) < 4.78 is 5.72. The standard InChI is InChI=1S/C16H21ClN2O4/c1-10(20)9-18-14(21)6-7-19-12-8-11(17)4-5-13(12)23-16(2,3)15(19)22/h4-5,8,10,20H,6-7,9H2,1-3H3,(H,18,21). The van der Waals surface area contributed by atoms with E-state index in [1.807, 2.05) is 0 Å². The Labute approximate surface area is 140 Å². The van der Waals surface area contributed by atoms with Gasteiger partial charge in [-0.3, -0.25) is 9.59 Å². The Bertz CT molecular complexity index is 616. The average Bonchev–Trinajstić information content (AvgIpc) is 2.46. The van der Waals surface area contributed by atoms with E-state index in [2.05, 4.69) is 5.32 Å². The molecule has 0 fully saturated rings. The van der Waals surface area contributed by atoms with E-state index in [1.54, 1.807) is 39.0 Å². The topological polar surface area (TPSA) is 78.9 Å². The Morgan fingerprint density at radius 2 is 2.17 bits per heavy atom. The fourth-order valence-electron chi connectivity index (χ4n) is 2.33. The van der Waals surface area contributed by atoms with Crippen molar-refractivity contribution in [3.05, 3.63) is 23.2 Å². The zero-order chi connectivity index (χ0) is 17.2. The van der Waals surface area contributed by atoms with Crippen molar-refractivity contribution in [2.24, 2.45) is 0 Å². The van der Waals surface area contributed by atoms with Gasteiger partial charge in [0.1, 0.15) is 5.75 Å². The van der Waals surface area contributed by atoms with Crippen LogP contribution in [0.25, 0.3) is 0 Å². The van der Waals surface area contributed by atoms with Gasteiger partial charge in [-0.1, -0.05) is 11.6 Å². The minimum Gasteiger partial charge on any atom is -0.476 e. The number of fused-ring (bicyclic) bond motifs is 1. The molecule has 126 valence electrons. The van der Waals surface area contributed by atoms with E-state index in [1.165, 1.54) is 4.90 Å². The number of hydrogen-bond donors (Lipinski definition) is 2. The molecule has 0 spiro atoms. The van der Waals surface area contributed by atoms with Crippen LogP contribution in [0.3, 0.4) is 0 Å². The van der Waals surface area contributed by atoms with E-state index in [0.717, 1.165) is 0 Å². The molecule has 2 amide bonds. The summed E-state index contributed by atoms with van der Waals surface area (Å²) in [4.78, 5) is 25.9. The quantitative estimate of drug-likeness (QED) is 0.855. The van der Waals surface area contributed by atoms with E-state index in [-0.39, 0.29) is 31.3 Å². The summed E-state index contributed by atoms with van der Waals surface area (Å²) in [6.45, 7) is 5.36. The normalized spacial score (nSPS) is 17.3. The number of aliphatic hydroxyl groups excluding tert-OH is 1. The minimum atomic E-state index is -1.00. The number of nitrogens with zero attached hydrogens (tertiary/aromatic N) is 1. The summed E-state index contributed by atoms with van der Waals surface area (Å²) in [5.74, 6) is 0.102. The summed E-state index contributed by atoms with van der Waals surface area (Å²) >= 11 is 6.01. The Kier molecular flexibility index (Phi) is 5.16. The Morgan fingerprint density at radius 1 is 1.48 bits per heavy atom. The maximum Gasteiger partial charge on any atom is 0.270 e. The van der Waals surface area contributed by atoms with Crippen LogP contribution in [-0.2, 0) is 9.59 Å². The van der Waals surface area contributed by atoms with Crippen LogP contribution in [0.4, 0.5) is 5.69 Å². The number of benzene rings is 1. The van der Waals surface area contributed by atoms with Crippen molar-refractivity contribution in [1.82, 2.24) is 5.32 Å². The van der Waals surface area contributed by atoms with Crippen LogP contribution in [0, 0.1) is 0 Å². The number of carbonyl (C=O) groups is 2. The largest absolute Gasteiger partial charge is 0.476 e. The van der Waals surface area contributed by atoms with Crippen LogP contribution < -0.4 is 15.0 Å². The molecular formula is C16H21ClN2O4. The molecule has 1 aromatic rings. The van der Waals surface area contributed by atoms with Gasteiger partial charge in [-0.15, -0.1) is 0 Å². The van der Waals surface area contributed by atoms with Crippen LogP contribution in [-0.4, -0.2) is 41.7 Å². The number of carbonyl (C=O) groups excluding carboxylic acids is 2. The van der Waals surface area contributed by atoms with Gasteiger partial charge in [0.05, 0.1) is 11.8 Å². The van der Waals surface area contributed by atoms with Gasteiger partial charge < -0.3 is 20.1 Å². The van der Waals surface area contributed by atoms with E-state index >= 15 is 0 Å². The van der Waals surface area contributed by atoms with Gasteiger partial charge in [0.25, 0.3) is 5.91 Å². The Hall–Kier alpha value is -1.79. The van der Waals surface area contributed by atoms with Crippen molar-refractivity contribution >= 4 is 29.1 Å². The molecule has 0 saturated heterocycles. The molecule has 7 heteroatoms. The molecule has 1 aromatic carbocycles. The lowest BCUT2D eigenvalue weighted by atomic mass is 10.0. The molecule has 1 aliphatic heterocycles. The van der Waals surface area contributed by atoms with Gasteiger partial charge >= 0.3 is 0 Å². The van der Waals surface area contributed by atoms with Crippen molar-refractivity contribution < 1.29 is 19.4 Å². The highest BCUT2D eigenvalue weighted by Crippen LogP contribution is 2.39. The third-order valence-corrected chi connectivity index (χ3v) is 3.73. The first kappa shape index (κ1) is 17.6. The van der Waals surface area contributed by atoms with Crippen molar-refractivity contribution in [2.45, 2.75) is 38.9 Å². The smallest absolute Gasteiger partial charge is 0.270 e. The summed E-state index contributed by atoms with van der Waals surface area (Å²) in [6.07, 6.45) is -0.483. The van der Waals surface area contributed by atoms with Gasteiger partial charge in [-0.25, -0.2) is 0 Å². The van der Waals surface area contributed by atoms with Crippen molar-refractivity contribution in [1.29, 1.82) is 0 Å². The molecule has 0 saturated carbocycles. The van der Waals surface area contributed by atoms with Crippen molar-refractivity contribution in [3.63, 3.8) is 0 Å². The third-order valence-electron chi connectivity index (χ3n) is 3.49. The number of amides is 2. The lowest BCUT2D eigenvalue weighted by molar-refractivity contribution is -0.132. The van der Waals surface area contributed by atoms with Gasteiger partial charge in [0.15, 0.2) is 5.60 Å². The second-order valence-electron chi connectivity index (χ2n) is 6.08. The lowest BCUT2D eigenvalue weighted by Gasteiger charge is -2.38. The number of nitrogens with one attached hydrogen (secondary N) is 1. The van der Waals surface area contributed by atoms with E-state index in [0.29, 0.717) is 16.5 Å². The molecule has 1 unspecified atom stereocenters. The number of ether oxygens (including phenoxy) is 1. The number of aliphatic hydroxyl groups is 1. The molecule has 2 N–H and O–H groups in total. The monoisotopic (exact) mass is 340 g/mol. The first-order valence-corrected chi connectivity index (χ1v) is 7.84. The Morgan fingerprint density at radius 3 is 2.83 bits per heavy atom. The maximum atomic E-state index is 12.6. The number of anilines is 1. The number of hydrogen-bond acceptors (Lipinski definition) is 4. The second kappa shape index (κ2) is 6.76. The van der Waals surface area contributed by atoms with Gasteiger partial charge in [-0.2, -0.15) is 0 Å². The fourth-order valence-corrected chi connectivity index (χ4v) is 2.49. The predicted molar refractivity (Wildman–Crippen MR) is 87.8 cm³/mol. The third kappa shape index (κ3) is 4.14. The summed E-state index contributed by atoms with van der Waals surface area (Å²) in [5.41, 5.74) is -0.443. The molecule has 2 rings (SSSR count). The highest BCUT2D eigenvalue weighted by molar-refractivity contribution is 6.31. The molecule has 0 radical (unpaired) electrons. The molecule has 23 heavy (non-hydrogen) atoms. The van der Waals surface area contributed by atoms with Gasteiger partial charge in [-0.05, 0) is 39.0 Å². The van der Waals surface area contributed by atoms with Gasteiger partial charge in [0, 0.05) is 24.5 Å². The molecule has 0 bridgehead atoms. The van der Waals surface area contributed by atoms with E-state index < -0.39 is 11.7 Å². The zero-order valence-corrected chi connectivity index (χ0v) is 14.2. The maximum absolute atomic E-state index is 12.6.